The van der Waals surface area contributed by atoms with E-state index in [1.54, 1.807) is 0 Å². The fourth-order valence-corrected chi connectivity index (χ4v) is 7.26. The lowest BCUT2D eigenvalue weighted by atomic mass is 10.2. The quantitative estimate of drug-likeness (QED) is 0.341. The number of hydrogen-bond donors (Lipinski definition) is 0. The highest BCUT2D eigenvalue weighted by atomic mass is 28.4. The third kappa shape index (κ3) is 8.46. The minimum Gasteiger partial charge on any atom is -0.519 e. The molecule has 0 atom stereocenters. The SMILES string of the molecule is CCCCCCC(=O)O[Si](CCC)(CCC)CCC. The van der Waals surface area contributed by atoms with Crippen LogP contribution in [0, 0.1) is 0 Å². The Balaban J connectivity index is 4.31. The topological polar surface area (TPSA) is 26.3 Å². The van der Waals surface area contributed by atoms with Crippen molar-refractivity contribution < 1.29 is 9.22 Å². The first-order chi connectivity index (χ1) is 9.14. The summed E-state index contributed by atoms with van der Waals surface area (Å²) in [7, 11) is -1.78. The predicted molar refractivity (Wildman–Crippen MR) is 85.9 cm³/mol. The Labute approximate surface area is 121 Å². The van der Waals surface area contributed by atoms with E-state index in [-0.39, 0.29) is 5.97 Å². The van der Waals surface area contributed by atoms with Crippen LogP contribution >= 0.6 is 0 Å². The van der Waals surface area contributed by atoms with Crippen LogP contribution in [0.15, 0.2) is 0 Å². The number of hydrogen-bond acceptors (Lipinski definition) is 2. The van der Waals surface area contributed by atoms with Gasteiger partial charge in [0.25, 0.3) is 14.3 Å². The van der Waals surface area contributed by atoms with Crippen molar-refractivity contribution in [3.63, 3.8) is 0 Å². The monoisotopic (exact) mass is 286 g/mol. The summed E-state index contributed by atoms with van der Waals surface area (Å²) >= 11 is 0. The van der Waals surface area contributed by atoms with Gasteiger partial charge in [-0.05, 0) is 24.6 Å². The van der Waals surface area contributed by atoms with Crippen LogP contribution in [0.1, 0.15) is 79.1 Å². The van der Waals surface area contributed by atoms with Crippen LogP contribution in [0.3, 0.4) is 0 Å². The Morgan fingerprint density at radius 3 is 1.74 bits per heavy atom. The standard InChI is InChI=1S/C16H34O2Si/c1-5-9-10-11-12-16(17)18-19(13-6-2,14-7-3)15-8-4/h5-15H2,1-4H3. The molecule has 0 aromatic rings. The van der Waals surface area contributed by atoms with Crippen molar-refractivity contribution in [3.05, 3.63) is 0 Å². The van der Waals surface area contributed by atoms with Crippen molar-refractivity contribution in [1.29, 1.82) is 0 Å². The summed E-state index contributed by atoms with van der Waals surface area (Å²) in [5, 5.41) is 0. The molecule has 0 N–H and O–H groups in total. The first kappa shape index (κ1) is 18.7. The minimum atomic E-state index is -1.78. The second-order valence-corrected chi connectivity index (χ2v) is 9.79. The fourth-order valence-electron chi connectivity index (χ4n) is 2.88. The highest BCUT2D eigenvalue weighted by molar-refractivity contribution is 6.75. The summed E-state index contributed by atoms with van der Waals surface area (Å²) in [5.41, 5.74) is 0. The Bertz CT molecular complexity index is 212. The number of carbonyl (C=O) groups excluding carboxylic acids is 1. The van der Waals surface area contributed by atoms with E-state index in [1.165, 1.54) is 12.8 Å². The molecule has 0 aliphatic heterocycles. The molecule has 0 bridgehead atoms. The lowest BCUT2D eigenvalue weighted by molar-refractivity contribution is -0.135. The molecule has 0 unspecified atom stereocenters. The first-order valence-electron chi connectivity index (χ1n) is 8.36. The summed E-state index contributed by atoms with van der Waals surface area (Å²) in [6.07, 6.45) is 8.69. The van der Waals surface area contributed by atoms with Gasteiger partial charge in [0, 0.05) is 6.42 Å². The molecule has 0 heterocycles. The molecule has 114 valence electrons. The van der Waals surface area contributed by atoms with Crippen molar-refractivity contribution in [2.75, 3.05) is 0 Å². The highest BCUT2D eigenvalue weighted by Crippen LogP contribution is 2.28. The maximum absolute atomic E-state index is 12.1. The molecule has 0 fully saturated rings. The van der Waals surface area contributed by atoms with Gasteiger partial charge in [0.05, 0.1) is 0 Å². The van der Waals surface area contributed by atoms with Gasteiger partial charge >= 0.3 is 0 Å². The Morgan fingerprint density at radius 1 is 0.789 bits per heavy atom. The van der Waals surface area contributed by atoms with Crippen LogP contribution in [0.5, 0.6) is 0 Å². The van der Waals surface area contributed by atoms with Crippen LogP contribution in [0.2, 0.25) is 18.1 Å². The van der Waals surface area contributed by atoms with E-state index in [4.69, 9.17) is 4.43 Å². The van der Waals surface area contributed by atoms with Gasteiger partial charge < -0.3 is 4.43 Å². The van der Waals surface area contributed by atoms with Crippen molar-refractivity contribution in [2.24, 2.45) is 0 Å². The largest absolute Gasteiger partial charge is 0.519 e. The lowest BCUT2D eigenvalue weighted by Crippen LogP contribution is -2.40. The van der Waals surface area contributed by atoms with E-state index in [0.29, 0.717) is 6.42 Å². The molecule has 0 spiro atoms. The van der Waals surface area contributed by atoms with Crippen LogP contribution in [0.25, 0.3) is 0 Å². The molecule has 2 nitrogen and oxygen atoms in total. The maximum Gasteiger partial charge on any atom is 0.292 e. The molecule has 0 aliphatic rings. The van der Waals surface area contributed by atoms with Gasteiger partial charge in [0.1, 0.15) is 0 Å². The van der Waals surface area contributed by atoms with Crippen LogP contribution in [-0.2, 0) is 9.22 Å². The van der Waals surface area contributed by atoms with E-state index in [2.05, 4.69) is 27.7 Å². The minimum absolute atomic E-state index is 0.0816. The van der Waals surface area contributed by atoms with Gasteiger partial charge in [-0.2, -0.15) is 0 Å². The number of unbranched alkanes of at least 4 members (excludes halogenated alkanes) is 3. The number of rotatable bonds is 12. The summed E-state index contributed by atoms with van der Waals surface area (Å²) in [4.78, 5) is 12.1. The zero-order chi connectivity index (χ0) is 14.6. The molecule has 0 aromatic carbocycles. The smallest absolute Gasteiger partial charge is 0.292 e. The normalized spacial score (nSPS) is 11.6. The second-order valence-electron chi connectivity index (χ2n) is 5.72. The summed E-state index contributed by atoms with van der Waals surface area (Å²) in [6, 6.07) is 3.44. The molecule has 3 heteroatoms. The van der Waals surface area contributed by atoms with Crippen LogP contribution in [-0.4, -0.2) is 14.3 Å². The third-order valence-corrected chi connectivity index (χ3v) is 8.58. The van der Waals surface area contributed by atoms with E-state index in [9.17, 15) is 4.79 Å². The van der Waals surface area contributed by atoms with Crippen molar-refractivity contribution in [1.82, 2.24) is 0 Å². The molecule has 19 heavy (non-hydrogen) atoms. The highest BCUT2D eigenvalue weighted by Gasteiger charge is 2.35. The lowest BCUT2D eigenvalue weighted by Gasteiger charge is -2.30. The van der Waals surface area contributed by atoms with Crippen LogP contribution < -0.4 is 0 Å². The Hall–Kier alpha value is -0.313. The molecule has 0 aromatic heterocycles. The van der Waals surface area contributed by atoms with Gasteiger partial charge in [-0.3, -0.25) is 4.79 Å². The van der Waals surface area contributed by atoms with E-state index < -0.39 is 8.32 Å². The van der Waals surface area contributed by atoms with Crippen molar-refractivity contribution >= 4 is 14.3 Å². The van der Waals surface area contributed by atoms with E-state index in [0.717, 1.165) is 50.2 Å². The molecular weight excluding hydrogens is 252 g/mol. The van der Waals surface area contributed by atoms with E-state index in [1.807, 2.05) is 0 Å². The van der Waals surface area contributed by atoms with E-state index >= 15 is 0 Å². The molecule has 0 saturated carbocycles. The van der Waals surface area contributed by atoms with Gasteiger partial charge in [0.2, 0.25) is 0 Å². The second kappa shape index (κ2) is 11.5. The van der Waals surface area contributed by atoms with Gasteiger partial charge in [-0.15, -0.1) is 0 Å². The molecule has 0 radical (unpaired) electrons. The first-order valence-corrected chi connectivity index (χ1v) is 10.9. The average molecular weight is 287 g/mol. The van der Waals surface area contributed by atoms with Gasteiger partial charge in [-0.1, -0.05) is 66.2 Å². The zero-order valence-corrected chi connectivity index (χ0v) is 14.6. The van der Waals surface area contributed by atoms with Crippen molar-refractivity contribution in [3.8, 4) is 0 Å². The van der Waals surface area contributed by atoms with Gasteiger partial charge in [0.15, 0.2) is 0 Å². The zero-order valence-electron chi connectivity index (χ0n) is 13.6. The molecular formula is C16H34O2Si. The summed E-state index contributed by atoms with van der Waals surface area (Å²) < 4.78 is 6.04. The fraction of sp³-hybridized carbons (Fsp3) is 0.938. The molecule has 0 aliphatic carbocycles. The maximum atomic E-state index is 12.1. The predicted octanol–water partition coefficient (Wildman–Crippen LogP) is 5.68. The Morgan fingerprint density at radius 2 is 1.32 bits per heavy atom. The average Bonchev–Trinajstić information content (AvgIpc) is 2.35. The van der Waals surface area contributed by atoms with Crippen LogP contribution in [0.4, 0.5) is 0 Å². The van der Waals surface area contributed by atoms with Crippen molar-refractivity contribution in [2.45, 2.75) is 97.2 Å². The summed E-state index contributed by atoms with van der Waals surface area (Å²) in [5.74, 6) is 0.0816. The summed E-state index contributed by atoms with van der Waals surface area (Å²) in [6.45, 7) is 8.83. The third-order valence-electron chi connectivity index (χ3n) is 3.68. The number of carbonyl (C=O) groups is 1. The van der Waals surface area contributed by atoms with Gasteiger partial charge in [-0.25, -0.2) is 0 Å². The molecule has 0 rings (SSSR count). The molecule has 0 amide bonds. The Kier molecular flexibility index (Phi) is 11.3. The molecule has 0 saturated heterocycles.